The van der Waals surface area contributed by atoms with Crippen LogP contribution in [-0.4, -0.2) is 37.6 Å². The van der Waals surface area contributed by atoms with Crippen molar-refractivity contribution in [3.63, 3.8) is 0 Å². The molecule has 0 amide bonds. The Bertz CT molecular complexity index is 201. The van der Waals surface area contributed by atoms with Gasteiger partial charge in [-0.25, -0.2) is 0 Å². The lowest BCUT2D eigenvalue weighted by Gasteiger charge is -2.30. The minimum absolute atomic E-state index is 0.936. The Balaban J connectivity index is 1.45. The van der Waals surface area contributed by atoms with Crippen molar-refractivity contribution in [2.75, 3.05) is 32.7 Å². The Morgan fingerprint density at radius 2 is 1.44 bits per heavy atom. The van der Waals surface area contributed by atoms with Crippen LogP contribution in [0.5, 0.6) is 0 Å². The van der Waals surface area contributed by atoms with Crippen LogP contribution < -0.4 is 5.32 Å². The number of hydrogen-bond donors (Lipinski definition) is 1. The van der Waals surface area contributed by atoms with Crippen molar-refractivity contribution in [3.8, 4) is 0 Å². The molecule has 1 aliphatic heterocycles. The quantitative estimate of drug-likeness (QED) is 0.740. The number of nitrogens with zero attached hydrogens (tertiary/aromatic N) is 1. The average molecular weight is 222 g/mol. The molecule has 3 aliphatic rings. The van der Waals surface area contributed by atoms with Gasteiger partial charge >= 0.3 is 0 Å². The first-order chi connectivity index (χ1) is 7.90. The molecule has 0 radical (unpaired) electrons. The normalized spacial score (nSPS) is 30.9. The van der Waals surface area contributed by atoms with Gasteiger partial charge in [-0.3, -0.25) is 0 Å². The van der Waals surface area contributed by atoms with Gasteiger partial charge in [0.05, 0.1) is 0 Å². The summed E-state index contributed by atoms with van der Waals surface area (Å²) < 4.78 is 0. The van der Waals surface area contributed by atoms with Crippen LogP contribution in [-0.2, 0) is 0 Å². The fourth-order valence-electron chi connectivity index (χ4n) is 3.00. The Morgan fingerprint density at radius 1 is 0.812 bits per heavy atom. The highest BCUT2D eigenvalue weighted by molar-refractivity contribution is 4.84. The van der Waals surface area contributed by atoms with Gasteiger partial charge in [-0.1, -0.05) is 0 Å². The van der Waals surface area contributed by atoms with Crippen molar-refractivity contribution in [1.29, 1.82) is 0 Å². The number of piperidine rings is 1. The fraction of sp³-hybridized carbons (Fsp3) is 1.00. The van der Waals surface area contributed by atoms with Crippen LogP contribution in [0.25, 0.3) is 0 Å². The second-order valence-electron chi connectivity index (χ2n) is 6.32. The van der Waals surface area contributed by atoms with Crippen molar-refractivity contribution in [1.82, 2.24) is 10.2 Å². The van der Waals surface area contributed by atoms with Gasteiger partial charge in [0.15, 0.2) is 0 Å². The van der Waals surface area contributed by atoms with Crippen LogP contribution >= 0.6 is 0 Å². The predicted molar refractivity (Wildman–Crippen MR) is 67.5 cm³/mol. The molecule has 1 heterocycles. The number of nitrogens with one attached hydrogen (secondary N) is 1. The summed E-state index contributed by atoms with van der Waals surface area (Å²) in [6.45, 7) is 6.72. The molecule has 2 heteroatoms. The average Bonchev–Trinajstić information content (AvgIpc) is 3.15. The molecule has 1 unspecified atom stereocenters. The summed E-state index contributed by atoms with van der Waals surface area (Å²) >= 11 is 0. The SMILES string of the molecule is C1CNCC(CN(CC2CC2)CC2CC2)C1. The van der Waals surface area contributed by atoms with Crippen LogP contribution in [0.15, 0.2) is 0 Å². The molecule has 3 fully saturated rings. The molecule has 2 nitrogen and oxygen atoms in total. The Labute approximate surface area is 99.8 Å². The lowest BCUT2D eigenvalue weighted by molar-refractivity contribution is 0.194. The van der Waals surface area contributed by atoms with Crippen molar-refractivity contribution in [3.05, 3.63) is 0 Å². The van der Waals surface area contributed by atoms with Crippen LogP contribution in [0.4, 0.5) is 0 Å². The fourth-order valence-corrected chi connectivity index (χ4v) is 3.00. The minimum Gasteiger partial charge on any atom is -0.316 e. The third kappa shape index (κ3) is 3.46. The Kier molecular flexibility index (Phi) is 3.49. The van der Waals surface area contributed by atoms with Gasteiger partial charge in [0.25, 0.3) is 0 Å². The van der Waals surface area contributed by atoms with E-state index < -0.39 is 0 Å². The van der Waals surface area contributed by atoms with Crippen molar-refractivity contribution >= 4 is 0 Å². The lowest BCUT2D eigenvalue weighted by atomic mass is 9.99. The summed E-state index contributed by atoms with van der Waals surface area (Å²) in [6.07, 6.45) is 8.87. The van der Waals surface area contributed by atoms with Crippen molar-refractivity contribution in [2.24, 2.45) is 17.8 Å². The molecule has 0 aromatic carbocycles. The van der Waals surface area contributed by atoms with Crippen LogP contribution in [0, 0.1) is 17.8 Å². The van der Waals surface area contributed by atoms with Gasteiger partial charge < -0.3 is 10.2 Å². The summed E-state index contributed by atoms with van der Waals surface area (Å²) in [5.74, 6) is 3.07. The summed E-state index contributed by atoms with van der Waals surface area (Å²) in [5.41, 5.74) is 0. The molecule has 1 N–H and O–H groups in total. The van der Waals surface area contributed by atoms with E-state index >= 15 is 0 Å². The first-order valence-corrected chi connectivity index (χ1v) is 7.33. The zero-order chi connectivity index (χ0) is 10.8. The van der Waals surface area contributed by atoms with Crippen LogP contribution in [0.2, 0.25) is 0 Å². The van der Waals surface area contributed by atoms with Crippen molar-refractivity contribution in [2.45, 2.75) is 38.5 Å². The highest BCUT2D eigenvalue weighted by Gasteiger charge is 2.30. The molecule has 3 rings (SSSR count). The lowest BCUT2D eigenvalue weighted by Crippen LogP contribution is -2.39. The zero-order valence-corrected chi connectivity index (χ0v) is 10.5. The van der Waals surface area contributed by atoms with E-state index in [0.717, 1.165) is 17.8 Å². The van der Waals surface area contributed by atoms with E-state index in [1.807, 2.05) is 0 Å². The maximum atomic E-state index is 3.55. The minimum atomic E-state index is 0.936. The standard InChI is InChI=1S/C14H26N2/c1-2-14(8-15-7-1)11-16(9-12-3-4-12)10-13-5-6-13/h12-15H,1-11H2. The topological polar surface area (TPSA) is 15.3 Å². The van der Waals surface area contributed by atoms with E-state index in [1.54, 1.807) is 0 Å². The summed E-state index contributed by atoms with van der Waals surface area (Å²) in [7, 11) is 0. The largest absolute Gasteiger partial charge is 0.316 e. The van der Waals surface area contributed by atoms with E-state index in [4.69, 9.17) is 0 Å². The predicted octanol–water partition coefficient (Wildman–Crippen LogP) is 2.11. The summed E-state index contributed by atoms with van der Waals surface area (Å²) in [5, 5.41) is 3.55. The molecule has 16 heavy (non-hydrogen) atoms. The summed E-state index contributed by atoms with van der Waals surface area (Å²) in [4.78, 5) is 2.80. The molecule has 0 spiro atoms. The molecule has 92 valence electrons. The number of hydrogen-bond acceptors (Lipinski definition) is 2. The first kappa shape index (κ1) is 11.0. The maximum absolute atomic E-state index is 3.55. The first-order valence-electron chi connectivity index (χ1n) is 7.33. The van der Waals surface area contributed by atoms with E-state index in [0.29, 0.717) is 0 Å². The molecule has 0 bridgehead atoms. The highest BCUT2D eigenvalue weighted by Crippen LogP contribution is 2.34. The molecule has 1 saturated heterocycles. The molecular weight excluding hydrogens is 196 g/mol. The van der Waals surface area contributed by atoms with E-state index in [-0.39, 0.29) is 0 Å². The van der Waals surface area contributed by atoms with Gasteiger partial charge in [-0.2, -0.15) is 0 Å². The van der Waals surface area contributed by atoms with E-state index in [2.05, 4.69) is 10.2 Å². The van der Waals surface area contributed by atoms with Crippen molar-refractivity contribution < 1.29 is 0 Å². The van der Waals surface area contributed by atoms with Gasteiger partial charge in [0, 0.05) is 19.6 Å². The third-order valence-corrected chi connectivity index (χ3v) is 4.34. The Hall–Kier alpha value is -0.0800. The van der Waals surface area contributed by atoms with Gasteiger partial charge in [-0.15, -0.1) is 0 Å². The molecule has 2 aliphatic carbocycles. The van der Waals surface area contributed by atoms with E-state index in [9.17, 15) is 0 Å². The van der Waals surface area contributed by atoms with E-state index in [1.165, 1.54) is 71.2 Å². The molecule has 0 aromatic rings. The van der Waals surface area contributed by atoms with Crippen LogP contribution in [0.1, 0.15) is 38.5 Å². The monoisotopic (exact) mass is 222 g/mol. The smallest absolute Gasteiger partial charge is 0.00220 e. The third-order valence-electron chi connectivity index (χ3n) is 4.34. The highest BCUT2D eigenvalue weighted by atomic mass is 15.1. The second kappa shape index (κ2) is 5.05. The Morgan fingerprint density at radius 3 is 1.94 bits per heavy atom. The molecule has 0 aromatic heterocycles. The maximum Gasteiger partial charge on any atom is 0.00220 e. The molecule has 2 saturated carbocycles. The molecule has 1 atom stereocenters. The summed E-state index contributed by atoms with van der Waals surface area (Å²) in [6, 6.07) is 0. The molecular formula is C14H26N2. The van der Waals surface area contributed by atoms with Crippen LogP contribution in [0.3, 0.4) is 0 Å². The zero-order valence-electron chi connectivity index (χ0n) is 10.5. The van der Waals surface area contributed by atoms with Gasteiger partial charge in [0.2, 0.25) is 0 Å². The second-order valence-corrected chi connectivity index (χ2v) is 6.32. The number of rotatable bonds is 6. The van der Waals surface area contributed by atoms with Gasteiger partial charge in [-0.05, 0) is 69.4 Å². The van der Waals surface area contributed by atoms with Gasteiger partial charge in [0.1, 0.15) is 0 Å².